The van der Waals surface area contributed by atoms with E-state index in [0.29, 0.717) is 5.91 Å². The number of halogens is 1. The molecule has 0 aromatic heterocycles. The van der Waals surface area contributed by atoms with Crippen molar-refractivity contribution in [2.24, 2.45) is 10.9 Å². The number of hydrogen-bond donors (Lipinski definition) is 2. The molecule has 1 heterocycles. The van der Waals surface area contributed by atoms with Crippen molar-refractivity contribution in [3.63, 3.8) is 0 Å². The molecule has 0 aromatic rings. The third-order valence-electron chi connectivity index (χ3n) is 6.72. The molecule has 2 aliphatic carbocycles. The summed E-state index contributed by atoms with van der Waals surface area (Å²) in [6.45, 7) is 5.48. The van der Waals surface area contributed by atoms with Gasteiger partial charge in [-0.25, -0.2) is 0 Å². The molecule has 1 unspecified atom stereocenters. The van der Waals surface area contributed by atoms with Crippen LogP contribution in [-0.2, 0) is 9.53 Å². The number of amides is 1. The molecule has 6 nitrogen and oxygen atoms in total. The van der Waals surface area contributed by atoms with E-state index in [-0.39, 0.29) is 41.5 Å². The molecule has 0 aromatic carbocycles. The number of rotatable bonds is 7. The lowest BCUT2D eigenvalue weighted by Crippen LogP contribution is -2.52. The van der Waals surface area contributed by atoms with Gasteiger partial charge in [0.1, 0.15) is 0 Å². The molecule has 168 valence electrons. The van der Waals surface area contributed by atoms with Gasteiger partial charge in [0.05, 0.1) is 5.60 Å². The van der Waals surface area contributed by atoms with Gasteiger partial charge in [-0.2, -0.15) is 0 Å². The lowest BCUT2D eigenvalue weighted by atomic mass is 9.84. The largest absolute Gasteiger partial charge is 0.373 e. The van der Waals surface area contributed by atoms with Gasteiger partial charge in [0.2, 0.25) is 5.91 Å². The maximum absolute atomic E-state index is 12.7. The molecule has 1 atom stereocenters. The second kappa shape index (κ2) is 12.3. The predicted octanol–water partition coefficient (Wildman–Crippen LogP) is 3.69. The molecule has 0 radical (unpaired) electrons. The van der Waals surface area contributed by atoms with Gasteiger partial charge in [-0.15, -0.1) is 24.0 Å². The highest BCUT2D eigenvalue weighted by molar-refractivity contribution is 14.0. The van der Waals surface area contributed by atoms with Gasteiger partial charge in [-0.05, 0) is 38.5 Å². The fourth-order valence-corrected chi connectivity index (χ4v) is 5.03. The quantitative estimate of drug-likeness (QED) is 0.306. The maximum atomic E-state index is 12.7. The lowest BCUT2D eigenvalue weighted by molar-refractivity contribution is -0.134. The van der Waals surface area contributed by atoms with Crippen LogP contribution in [0.4, 0.5) is 0 Å². The Balaban J connectivity index is 0.00000300. The number of carbonyl (C=O) groups excluding carboxylic acids is 1. The summed E-state index contributed by atoms with van der Waals surface area (Å²) in [6.07, 6.45) is 12.7. The van der Waals surface area contributed by atoms with Crippen molar-refractivity contribution in [2.75, 3.05) is 33.3 Å². The SMILES string of the molecule is CCCOC1(CNC(=NC)NC2CCN(C(=O)C3CCCC3)C2)CCCCC1.I. The molecule has 29 heavy (non-hydrogen) atoms. The Kier molecular flexibility index (Phi) is 10.5. The second-order valence-electron chi connectivity index (χ2n) is 8.91. The molecule has 0 spiro atoms. The van der Waals surface area contributed by atoms with Gasteiger partial charge in [0.25, 0.3) is 0 Å². The van der Waals surface area contributed by atoms with Crippen LogP contribution in [0.5, 0.6) is 0 Å². The fourth-order valence-electron chi connectivity index (χ4n) is 5.03. The number of ether oxygens (including phenoxy) is 1. The minimum absolute atomic E-state index is 0. The fraction of sp³-hybridized carbons (Fsp3) is 0.909. The maximum Gasteiger partial charge on any atom is 0.225 e. The third kappa shape index (κ3) is 6.97. The van der Waals surface area contributed by atoms with Crippen molar-refractivity contribution >= 4 is 35.8 Å². The Morgan fingerprint density at radius 2 is 1.86 bits per heavy atom. The number of hydrogen-bond acceptors (Lipinski definition) is 3. The Bertz CT molecular complexity index is 531. The van der Waals surface area contributed by atoms with Crippen molar-refractivity contribution in [1.29, 1.82) is 0 Å². The van der Waals surface area contributed by atoms with Crippen molar-refractivity contribution in [2.45, 2.75) is 89.2 Å². The summed E-state index contributed by atoms with van der Waals surface area (Å²) in [4.78, 5) is 19.2. The minimum Gasteiger partial charge on any atom is -0.373 e. The van der Waals surface area contributed by atoms with E-state index in [0.717, 1.165) is 70.7 Å². The van der Waals surface area contributed by atoms with Gasteiger partial charge in [0, 0.05) is 45.2 Å². The highest BCUT2D eigenvalue weighted by Crippen LogP contribution is 2.31. The number of guanidine groups is 1. The summed E-state index contributed by atoms with van der Waals surface area (Å²) in [5.74, 6) is 1.49. The molecule has 3 aliphatic rings. The predicted molar refractivity (Wildman–Crippen MR) is 129 cm³/mol. The molecule has 3 fully saturated rings. The Morgan fingerprint density at radius 1 is 1.14 bits per heavy atom. The van der Waals surface area contributed by atoms with Crippen molar-refractivity contribution in [1.82, 2.24) is 15.5 Å². The highest BCUT2D eigenvalue weighted by Gasteiger charge is 2.34. The molecule has 3 rings (SSSR count). The topological polar surface area (TPSA) is 66.0 Å². The minimum atomic E-state index is -0.0496. The van der Waals surface area contributed by atoms with E-state index in [2.05, 4.69) is 27.4 Å². The van der Waals surface area contributed by atoms with Crippen LogP contribution in [0, 0.1) is 5.92 Å². The first-order valence-corrected chi connectivity index (χ1v) is 11.6. The van der Waals surface area contributed by atoms with Gasteiger partial charge < -0.3 is 20.3 Å². The summed E-state index contributed by atoms with van der Waals surface area (Å²) >= 11 is 0. The zero-order valence-electron chi connectivity index (χ0n) is 18.4. The molecule has 1 aliphatic heterocycles. The summed E-state index contributed by atoms with van der Waals surface area (Å²) in [5, 5.41) is 7.07. The molecular formula is C22H41IN4O2. The normalized spacial score (nSPS) is 25.0. The second-order valence-corrected chi connectivity index (χ2v) is 8.91. The van der Waals surface area contributed by atoms with E-state index < -0.39 is 0 Å². The van der Waals surface area contributed by atoms with E-state index in [1.165, 1.54) is 32.1 Å². The van der Waals surface area contributed by atoms with E-state index in [1.807, 2.05) is 7.05 Å². The number of aliphatic imine (C=N–C) groups is 1. The van der Waals surface area contributed by atoms with Crippen LogP contribution in [0.3, 0.4) is 0 Å². The van der Waals surface area contributed by atoms with E-state index in [9.17, 15) is 4.79 Å². The zero-order valence-corrected chi connectivity index (χ0v) is 20.7. The van der Waals surface area contributed by atoms with Crippen LogP contribution in [0.15, 0.2) is 4.99 Å². The molecular weight excluding hydrogens is 479 g/mol. The first-order chi connectivity index (χ1) is 13.7. The number of nitrogens with zero attached hydrogens (tertiary/aromatic N) is 2. The molecule has 2 saturated carbocycles. The van der Waals surface area contributed by atoms with E-state index in [4.69, 9.17) is 4.74 Å². The van der Waals surface area contributed by atoms with Gasteiger partial charge in [-0.1, -0.05) is 39.0 Å². The molecule has 1 amide bonds. The average Bonchev–Trinajstić information content (AvgIpc) is 3.42. The average molecular weight is 521 g/mol. The van der Waals surface area contributed by atoms with E-state index in [1.54, 1.807) is 0 Å². The number of likely N-dealkylation sites (tertiary alicyclic amines) is 1. The van der Waals surface area contributed by atoms with Crippen molar-refractivity contribution in [3.05, 3.63) is 0 Å². The standard InChI is InChI=1S/C22H40N4O2.HI/c1-3-15-28-22(12-7-4-8-13-22)17-24-21(23-2)25-19-11-14-26(16-19)20(27)18-9-5-6-10-18;/h18-19H,3-17H2,1-2H3,(H2,23,24,25);1H. The molecule has 1 saturated heterocycles. The Morgan fingerprint density at radius 3 is 2.52 bits per heavy atom. The Hall–Kier alpha value is -0.570. The van der Waals surface area contributed by atoms with Crippen molar-refractivity contribution < 1.29 is 9.53 Å². The summed E-state index contributed by atoms with van der Waals surface area (Å²) < 4.78 is 6.29. The van der Waals surface area contributed by atoms with Crippen LogP contribution in [0.1, 0.15) is 77.6 Å². The first kappa shape index (κ1) is 24.7. The van der Waals surface area contributed by atoms with Gasteiger partial charge >= 0.3 is 0 Å². The number of carbonyl (C=O) groups is 1. The highest BCUT2D eigenvalue weighted by atomic mass is 127. The van der Waals surface area contributed by atoms with Crippen LogP contribution in [0.2, 0.25) is 0 Å². The van der Waals surface area contributed by atoms with E-state index >= 15 is 0 Å². The van der Waals surface area contributed by atoms with Gasteiger partial charge in [0.15, 0.2) is 5.96 Å². The summed E-state index contributed by atoms with van der Waals surface area (Å²) in [7, 11) is 1.83. The molecule has 0 bridgehead atoms. The summed E-state index contributed by atoms with van der Waals surface area (Å²) in [6, 6.07) is 0.287. The van der Waals surface area contributed by atoms with Gasteiger partial charge in [-0.3, -0.25) is 9.79 Å². The third-order valence-corrected chi connectivity index (χ3v) is 6.72. The first-order valence-electron chi connectivity index (χ1n) is 11.6. The summed E-state index contributed by atoms with van der Waals surface area (Å²) in [5.41, 5.74) is -0.0496. The molecule has 7 heteroatoms. The Labute approximate surface area is 194 Å². The monoisotopic (exact) mass is 520 g/mol. The van der Waals surface area contributed by atoms with Crippen LogP contribution >= 0.6 is 24.0 Å². The van der Waals surface area contributed by atoms with Crippen LogP contribution < -0.4 is 10.6 Å². The lowest BCUT2D eigenvalue weighted by Gasteiger charge is -2.38. The van der Waals surface area contributed by atoms with Crippen LogP contribution in [-0.4, -0.2) is 61.7 Å². The van der Waals surface area contributed by atoms with Crippen molar-refractivity contribution in [3.8, 4) is 0 Å². The molecule has 2 N–H and O–H groups in total. The zero-order chi connectivity index (χ0) is 19.8. The smallest absolute Gasteiger partial charge is 0.225 e. The number of nitrogens with one attached hydrogen (secondary N) is 2. The van der Waals surface area contributed by atoms with Crippen LogP contribution in [0.25, 0.3) is 0 Å².